The van der Waals surface area contributed by atoms with E-state index in [0.717, 1.165) is 0 Å². The number of amides is 3. The number of hydrogen-bond donors (Lipinski definition) is 2. The molecule has 0 aliphatic heterocycles. The number of nitrogens with one attached hydrogen (secondary N) is 2. The van der Waals surface area contributed by atoms with Crippen LogP contribution in [0, 0.1) is 0 Å². The van der Waals surface area contributed by atoms with Crippen LogP contribution < -0.4 is 15.4 Å². The lowest BCUT2D eigenvalue weighted by Crippen LogP contribution is -2.27. The Morgan fingerprint density at radius 3 is 1.96 bits per heavy atom. The van der Waals surface area contributed by atoms with Crippen molar-refractivity contribution in [2.24, 2.45) is 0 Å². The second kappa shape index (κ2) is 8.21. The first-order valence-corrected chi connectivity index (χ1v) is 7.58. The van der Waals surface area contributed by atoms with E-state index in [1.165, 1.54) is 4.90 Å². The third-order valence-corrected chi connectivity index (χ3v) is 3.33. The molecule has 0 aliphatic carbocycles. The Labute approximate surface area is 145 Å². The molecular formula is C17H18ClN3O3. The Hall–Kier alpha value is -2.73. The van der Waals surface area contributed by atoms with Gasteiger partial charge in [-0.25, -0.2) is 4.79 Å². The molecule has 0 atom stereocenters. The zero-order valence-corrected chi connectivity index (χ0v) is 14.1. The van der Waals surface area contributed by atoms with Gasteiger partial charge in [0, 0.05) is 30.5 Å². The van der Waals surface area contributed by atoms with E-state index in [-0.39, 0.29) is 18.5 Å². The average molecular weight is 348 g/mol. The van der Waals surface area contributed by atoms with Gasteiger partial charge in [-0.1, -0.05) is 11.6 Å². The van der Waals surface area contributed by atoms with Crippen LogP contribution in [0.3, 0.4) is 0 Å². The number of urea groups is 1. The molecule has 2 aromatic carbocycles. The maximum absolute atomic E-state index is 11.9. The van der Waals surface area contributed by atoms with Crippen molar-refractivity contribution in [1.29, 1.82) is 0 Å². The Kier molecular flexibility index (Phi) is 6.03. The van der Waals surface area contributed by atoms with Gasteiger partial charge in [-0.2, -0.15) is 0 Å². The number of halogens is 1. The summed E-state index contributed by atoms with van der Waals surface area (Å²) in [6, 6.07) is 13.2. The highest BCUT2D eigenvalue weighted by molar-refractivity contribution is 6.30. The molecule has 0 unspecified atom stereocenters. The Balaban J connectivity index is 1.85. The molecule has 2 rings (SSSR count). The van der Waals surface area contributed by atoms with Crippen molar-refractivity contribution < 1.29 is 14.3 Å². The van der Waals surface area contributed by atoms with Crippen LogP contribution in [0.4, 0.5) is 16.2 Å². The van der Waals surface area contributed by atoms with Crippen LogP contribution in [0.2, 0.25) is 5.02 Å². The molecule has 0 aromatic heterocycles. The fourth-order valence-electron chi connectivity index (χ4n) is 1.74. The van der Waals surface area contributed by atoms with Crippen molar-refractivity contribution in [3.63, 3.8) is 0 Å². The van der Waals surface area contributed by atoms with E-state index in [4.69, 9.17) is 16.3 Å². The van der Waals surface area contributed by atoms with E-state index in [1.807, 2.05) is 0 Å². The van der Waals surface area contributed by atoms with E-state index in [9.17, 15) is 9.59 Å². The molecule has 126 valence electrons. The number of anilines is 2. The van der Waals surface area contributed by atoms with Crippen molar-refractivity contribution >= 4 is 34.9 Å². The van der Waals surface area contributed by atoms with Gasteiger partial charge in [-0.15, -0.1) is 0 Å². The van der Waals surface area contributed by atoms with Gasteiger partial charge < -0.3 is 20.3 Å². The lowest BCUT2D eigenvalue weighted by molar-refractivity contribution is -0.130. The topological polar surface area (TPSA) is 70.7 Å². The number of ether oxygens (including phenoxy) is 1. The highest BCUT2D eigenvalue weighted by Gasteiger charge is 2.06. The minimum Gasteiger partial charge on any atom is -0.484 e. The highest BCUT2D eigenvalue weighted by atomic mass is 35.5. The zero-order chi connectivity index (χ0) is 17.5. The lowest BCUT2D eigenvalue weighted by atomic mass is 10.3. The average Bonchev–Trinajstić information content (AvgIpc) is 2.56. The smallest absolute Gasteiger partial charge is 0.323 e. The molecule has 0 heterocycles. The summed E-state index contributed by atoms with van der Waals surface area (Å²) in [4.78, 5) is 24.8. The summed E-state index contributed by atoms with van der Waals surface area (Å²) in [6.45, 7) is -0.0309. The van der Waals surface area contributed by atoms with Crippen LogP contribution in [-0.2, 0) is 4.79 Å². The number of carbonyl (C=O) groups excluding carboxylic acids is 2. The van der Waals surface area contributed by atoms with Gasteiger partial charge in [-0.05, 0) is 48.5 Å². The SMILES string of the molecule is CN(C)C(=O)COc1ccc(NC(=O)Nc2ccc(Cl)cc2)cc1. The fourth-order valence-corrected chi connectivity index (χ4v) is 1.86. The highest BCUT2D eigenvalue weighted by Crippen LogP contribution is 2.17. The second-order valence-electron chi connectivity index (χ2n) is 5.19. The van der Waals surface area contributed by atoms with E-state index in [0.29, 0.717) is 22.1 Å². The minimum atomic E-state index is -0.367. The van der Waals surface area contributed by atoms with Crippen molar-refractivity contribution in [3.8, 4) is 5.75 Å². The molecule has 6 nitrogen and oxygen atoms in total. The predicted molar refractivity (Wildman–Crippen MR) is 94.7 cm³/mol. The summed E-state index contributed by atoms with van der Waals surface area (Å²) in [7, 11) is 3.33. The molecule has 0 spiro atoms. The van der Waals surface area contributed by atoms with Crippen LogP contribution in [0.5, 0.6) is 5.75 Å². The van der Waals surface area contributed by atoms with E-state index in [1.54, 1.807) is 62.6 Å². The summed E-state index contributed by atoms with van der Waals surface area (Å²) < 4.78 is 5.36. The lowest BCUT2D eigenvalue weighted by Gasteiger charge is -2.12. The zero-order valence-electron chi connectivity index (χ0n) is 13.4. The predicted octanol–water partition coefficient (Wildman–Crippen LogP) is 3.45. The fraction of sp³-hybridized carbons (Fsp3) is 0.176. The molecule has 0 aliphatic rings. The summed E-state index contributed by atoms with van der Waals surface area (Å²) in [5.74, 6) is 0.424. The maximum Gasteiger partial charge on any atom is 0.323 e. The van der Waals surface area contributed by atoms with Crippen LogP contribution >= 0.6 is 11.6 Å². The standard InChI is InChI=1S/C17H18ClN3O3/c1-21(2)16(22)11-24-15-9-7-14(8-10-15)20-17(23)19-13-5-3-12(18)4-6-13/h3-10H,11H2,1-2H3,(H2,19,20,23). The van der Waals surface area contributed by atoms with Gasteiger partial charge in [0.25, 0.3) is 5.91 Å². The van der Waals surface area contributed by atoms with Crippen molar-refractivity contribution in [2.45, 2.75) is 0 Å². The molecule has 2 aromatic rings. The third kappa shape index (κ3) is 5.48. The number of likely N-dealkylation sites (N-methyl/N-ethyl adjacent to an activating group) is 1. The van der Waals surface area contributed by atoms with Gasteiger partial charge in [0.15, 0.2) is 6.61 Å². The van der Waals surface area contributed by atoms with Crippen molar-refractivity contribution in [3.05, 3.63) is 53.6 Å². The monoisotopic (exact) mass is 347 g/mol. The van der Waals surface area contributed by atoms with Crippen LogP contribution in [0.25, 0.3) is 0 Å². The van der Waals surface area contributed by atoms with Gasteiger partial charge in [0.05, 0.1) is 0 Å². The molecule has 0 saturated heterocycles. The number of carbonyl (C=O) groups is 2. The molecule has 7 heteroatoms. The Morgan fingerprint density at radius 1 is 0.958 bits per heavy atom. The van der Waals surface area contributed by atoms with Gasteiger partial charge >= 0.3 is 6.03 Å². The molecular weight excluding hydrogens is 330 g/mol. The number of rotatable bonds is 5. The molecule has 0 saturated carbocycles. The van der Waals surface area contributed by atoms with Gasteiger partial charge in [0.1, 0.15) is 5.75 Å². The molecule has 24 heavy (non-hydrogen) atoms. The van der Waals surface area contributed by atoms with E-state index >= 15 is 0 Å². The van der Waals surface area contributed by atoms with Crippen LogP contribution in [0.15, 0.2) is 48.5 Å². The first-order valence-electron chi connectivity index (χ1n) is 7.20. The summed E-state index contributed by atoms with van der Waals surface area (Å²) >= 11 is 5.79. The van der Waals surface area contributed by atoms with E-state index in [2.05, 4.69) is 10.6 Å². The Bertz CT molecular complexity index is 700. The number of nitrogens with zero attached hydrogens (tertiary/aromatic N) is 1. The summed E-state index contributed by atoms with van der Waals surface area (Å²) in [5, 5.41) is 6.00. The summed E-state index contributed by atoms with van der Waals surface area (Å²) in [6.07, 6.45) is 0. The summed E-state index contributed by atoms with van der Waals surface area (Å²) in [5.41, 5.74) is 1.24. The molecule has 3 amide bonds. The van der Waals surface area contributed by atoms with Gasteiger partial charge in [-0.3, -0.25) is 4.79 Å². The van der Waals surface area contributed by atoms with Crippen molar-refractivity contribution in [1.82, 2.24) is 4.90 Å². The minimum absolute atomic E-state index is 0.0309. The molecule has 0 bridgehead atoms. The Morgan fingerprint density at radius 2 is 1.46 bits per heavy atom. The van der Waals surface area contributed by atoms with Gasteiger partial charge in [0.2, 0.25) is 0 Å². The molecule has 2 N–H and O–H groups in total. The van der Waals surface area contributed by atoms with E-state index < -0.39 is 0 Å². The normalized spacial score (nSPS) is 9.96. The van der Waals surface area contributed by atoms with Crippen LogP contribution in [-0.4, -0.2) is 37.5 Å². The first kappa shape index (κ1) is 17.6. The maximum atomic E-state index is 11.9. The quantitative estimate of drug-likeness (QED) is 0.870. The number of benzene rings is 2. The van der Waals surface area contributed by atoms with Crippen molar-refractivity contribution in [2.75, 3.05) is 31.3 Å². The largest absolute Gasteiger partial charge is 0.484 e. The van der Waals surface area contributed by atoms with Crippen LogP contribution in [0.1, 0.15) is 0 Å². The molecule has 0 radical (unpaired) electrons. The third-order valence-electron chi connectivity index (χ3n) is 3.08. The number of hydrogen-bond acceptors (Lipinski definition) is 3. The first-order chi connectivity index (χ1) is 11.4. The molecule has 0 fully saturated rings. The second-order valence-corrected chi connectivity index (χ2v) is 5.62.